The van der Waals surface area contributed by atoms with E-state index in [2.05, 4.69) is 15.2 Å². The number of oxazole rings is 1. The number of anilines is 1. The number of likely N-dealkylation sites (tertiary alicyclic amines) is 1. The molecule has 1 amide bonds. The summed E-state index contributed by atoms with van der Waals surface area (Å²) in [6, 6.07) is 13.6. The van der Waals surface area contributed by atoms with Gasteiger partial charge in [0, 0.05) is 5.92 Å². The number of piperidine rings is 1. The Bertz CT molecular complexity index is 941. The summed E-state index contributed by atoms with van der Waals surface area (Å²) in [4.78, 5) is 19.3. The predicted octanol–water partition coefficient (Wildman–Crippen LogP) is 3.96. The number of carbonyl (C=O) groups excluding carboxylic acids is 1. The van der Waals surface area contributed by atoms with Gasteiger partial charge in [0.1, 0.15) is 11.3 Å². The van der Waals surface area contributed by atoms with Crippen molar-refractivity contribution in [2.24, 2.45) is 0 Å². The molecule has 0 saturated carbocycles. The molecular weight excluding hydrogens is 354 g/mol. The quantitative estimate of drug-likeness (QED) is 0.727. The monoisotopic (exact) mass is 379 g/mol. The molecule has 0 bridgehead atoms. The van der Waals surface area contributed by atoms with Crippen LogP contribution in [0.25, 0.3) is 11.1 Å². The van der Waals surface area contributed by atoms with E-state index in [-0.39, 0.29) is 5.91 Å². The summed E-state index contributed by atoms with van der Waals surface area (Å²) in [5, 5.41) is 2.97. The van der Waals surface area contributed by atoms with Crippen LogP contribution in [0.4, 0.5) is 5.69 Å². The third-order valence-electron chi connectivity index (χ3n) is 5.24. The number of benzene rings is 2. The lowest BCUT2D eigenvalue weighted by atomic mass is 9.97. The molecule has 0 aliphatic carbocycles. The number of aromatic nitrogens is 1. The minimum atomic E-state index is -0.0239. The number of fused-ring (bicyclic) bond motifs is 1. The van der Waals surface area contributed by atoms with Gasteiger partial charge in [-0.2, -0.15) is 0 Å². The summed E-state index contributed by atoms with van der Waals surface area (Å²) in [5.41, 5.74) is 3.54. The molecule has 0 spiro atoms. The molecule has 1 aromatic heterocycles. The molecule has 3 aromatic rings. The number of hydrogen-bond donors (Lipinski definition) is 1. The number of nitrogens with one attached hydrogen (secondary N) is 1. The maximum atomic E-state index is 12.5. The molecule has 146 valence electrons. The van der Waals surface area contributed by atoms with E-state index in [1.54, 1.807) is 7.11 Å². The van der Waals surface area contributed by atoms with E-state index in [9.17, 15) is 4.79 Å². The minimum absolute atomic E-state index is 0.0239. The lowest BCUT2D eigenvalue weighted by Crippen LogP contribution is -2.38. The van der Waals surface area contributed by atoms with Crippen LogP contribution in [-0.2, 0) is 4.79 Å². The van der Waals surface area contributed by atoms with Crippen LogP contribution in [0.3, 0.4) is 0 Å². The number of carbonyl (C=O) groups is 1. The maximum absolute atomic E-state index is 12.5. The average molecular weight is 379 g/mol. The topological polar surface area (TPSA) is 67.6 Å². The Balaban J connectivity index is 1.33. The second-order valence-electron chi connectivity index (χ2n) is 7.32. The number of amides is 1. The molecule has 2 aromatic carbocycles. The number of nitrogens with zero attached hydrogens (tertiary/aromatic N) is 2. The van der Waals surface area contributed by atoms with Crippen LogP contribution in [0.1, 0.15) is 30.2 Å². The Morgan fingerprint density at radius 3 is 2.79 bits per heavy atom. The molecule has 6 nitrogen and oxygen atoms in total. The average Bonchev–Trinajstić information content (AvgIpc) is 3.13. The number of ether oxygens (including phenoxy) is 1. The van der Waals surface area contributed by atoms with Gasteiger partial charge in [0.25, 0.3) is 0 Å². The van der Waals surface area contributed by atoms with Gasteiger partial charge in [0.15, 0.2) is 11.5 Å². The van der Waals surface area contributed by atoms with Crippen molar-refractivity contribution in [1.29, 1.82) is 0 Å². The van der Waals surface area contributed by atoms with Crippen LogP contribution in [0.15, 0.2) is 46.9 Å². The fourth-order valence-corrected chi connectivity index (χ4v) is 3.72. The van der Waals surface area contributed by atoms with Crippen molar-refractivity contribution in [3.8, 4) is 5.75 Å². The van der Waals surface area contributed by atoms with Crippen LogP contribution in [0.5, 0.6) is 5.75 Å². The normalized spacial score (nSPS) is 15.6. The minimum Gasteiger partial charge on any atom is -0.495 e. The van der Waals surface area contributed by atoms with Gasteiger partial charge in [-0.1, -0.05) is 18.2 Å². The molecule has 1 aliphatic rings. The van der Waals surface area contributed by atoms with E-state index in [1.165, 1.54) is 0 Å². The standard InChI is InChI=1S/C22H25N3O3/c1-15-7-8-19(27-2)18(13-15)23-21(26)14-25-11-9-16(10-12-25)22-24-17-5-3-4-6-20(17)28-22/h3-8,13,16H,9-12,14H2,1-2H3,(H,23,26). The van der Waals surface area contributed by atoms with Crippen LogP contribution in [0.2, 0.25) is 0 Å². The Labute approximate surface area is 164 Å². The molecule has 28 heavy (non-hydrogen) atoms. The second-order valence-corrected chi connectivity index (χ2v) is 7.32. The summed E-state index contributed by atoms with van der Waals surface area (Å²) >= 11 is 0. The summed E-state index contributed by atoms with van der Waals surface area (Å²) in [6.07, 6.45) is 1.88. The molecule has 1 N–H and O–H groups in total. The van der Waals surface area contributed by atoms with Crippen molar-refractivity contribution in [1.82, 2.24) is 9.88 Å². The van der Waals surface area contributed by atoms with E-state index < -0.39 is 0 Å². The number of methoxy groups -OCH3 is 1. The number of para-hydroxylation sites is 2. The summed E-state index contributed by atoms with van der Waals surface area (Å²) in [5.74, 6) is 1.77. The summed E-state index contributed by atoms with van der Waals surface area (Å²) in [6.45, 7) is 4.06. The third-order valence-corrected chi connectivity index (χ3v) is 5.24. The van der Waals surface area contributed by atoms with E-state index in [1.807, 2.05) is 49.4 Å². The number of hydrogen-bond acceptors (Lipinski definition) is 5. The first-order valence-corrected chi connectivity index (χ1v) is 9.64. The number of rotatable bonds is 5. The van der Waals surface area contributed by atoms with Crippen molar-refractivity contribution in [3.05, 3.63) is 53.9 Å². The van der Waals surface area contributed by atoms with Crippen molar-refractivity contribution in [2.75, 3.05) is 32.1 Å². The van der Waals surface area contributed by atoms with Gasteiger partial charge in [-0.25, -0.2) is 4.98 Å². The molecule has 1 aliphatic heterocycles. The SMILES string of the molecule is COc1ccc(C)cc1NC(=O)CN1CCC(c2nc3ccccc3o2)CC1. The largest absolute Gasteiger partial charge is 0.495 e. The molecule has 1 fully saturated rings. The zero-order chi connectivity index (χ0) is 19.5. The maximum Gasteiger partial charge on any atom is 0.238 e. The highest BCUT2D eigenvalue weighted by Crippen LogP contribution is 2.30. The predicted molar refractivity (Wildman–Crippen MR) is 109 cm³/mol. The highest BCUT2D eigenvalue weighted by molar-refractivity contribution is 5.93. The fraction of sp³-hybridized carbons (Fsp3) is 0.364. The first kappa shape index (κ1) is 18.5. The second kappa shape index (κ2) is 8.02. The smallest absolute Gasteiger partial charge is 0.238 e. The first-order valence-electron chi connectivity index (χ1n) is 9.64. The van der Waals surface area contributed by atoms with Gasteiger partial charge in [0.2, 0.25) is 5.91 Å². The van der Waals surface area contributed by atoms with Gasteiger partial charge in [-0.05, 0) is 62.7 Å². The van der Waals surface area contributed by atoms with Gasteiger partial charge >= 0.3 is 0 Å². The highest BCUT2D eigenvalue weighted by Gasteiger charge is 2.25. The van der Waals surface area contributed by atoms with E-state index in [0.717, 1.165) is 48.5 Å². The molecule has 0 unspecified atom stereocenters. The Hall–Kier alpha value is -2.86. The van der Waals surface area contributed by atoms with Crippen molar-refractivity contribution in [2.45, 2.75) is 25.7 Å². The Morgan fingerprint density at radius 2 is 2.04 bits per heavy atom. The van der Waals surface area contributed by atoms with Gasteiger partial charge in [0.05, 0.1) is 19.3 Å². The zero-order valence-electron chi connectivity index (χ0n) is 16.3. The molecule has 0 radical (unpaired) electrons. The van der Waals surface area contributed by atoms with Gasteiger partial charge < -0.3 is 14.5 Å². The lowest BCUT2D eigenvalue weighted by Gasteiger charge is -2.30. The Kier molecular flexibility index (Phi) is 5.30. The molecule has 0 atom stereocenters. The highest BCUT2D eigenvalue weighted by atomic mass is 16.5. The van der Waals surface area contributed by atoms with Crippen LogP contribution in [-0.4, -0.2) is 42.5 Å². The fourth-order valence-electron chi connectivity index (χ4n) is 3.72. The van der Waals surface area contributed by atoms with E-state index in [0.29, 0.717) is 23.9 Å². The van der Waals surface area contributed by atoms with Gasteiger partial charge in [-0.3, -0.25) is 9.69 Å². The number of aryl methyl sites for hydroxylation is 1. The molecule has 2 heterocycles. The van der Waals surface area contributed by atoms with Crippen molar-refractivity contribution >= 4 is 22.7 Å². The molecule has 1 saturated heterocycles. The van der Waals surface area contributed by atoms with Crippen molar-refractivity contribution < 1.29 is 13.9 Å². The molecule has 6 heteroatoms. The van der Waals surface area contributed by atoms with Crippen LogP contribution < -0.4 is 10.1 Å². The third kappa shape index (κ3) is 4.02. The summed E-state index contributed by atoms with van der Waals surface area (Å²) in [7, 11) is 1.61. The molecular formula is C22H25N3O3. The van der Waals surface area contributed by atoms with E-state index >= 15 is 0 Å². The van der Waals surface area contributed by atoms with Crippen LogP contribution >= 0.6 is 0 Å². The van der Waals surface area contributed by atoms with Crippen LogP contribution in [0, 0.1) is 6.92 Å². The van der Waals surface area contributed by atoms with E-state index in [4.69, 9.17) is 9.15 Å². The Morgan fingerprint density at radius 1 is 1.25 bits per heavy atom. The van der Waals surface area contributed by atoms with Crippen molar-refractivity contribution in [3.63, 3.8) is 0 Å². The van der Waals surface area contributed by atoms with Gasteiger partial charge in [-0.15, -0.1) is 0 Å². The zero-order valence-corrected chi connectivity index (χ0v) is 16.3. The summed E-state index contributed by atoms with van der Waals surface area (Å²) < 4.78 is 11.3. The first-order chi connectivity index (χ1) is 13.6. The molecule has 4 rings (SSSR count). The lowest BCUT2D eigenvalue weighted by molar-refractivity contribution is -0.117.